The van der Waals surface area contributed by atoms with Gasteiger partial charge in [-0.25, -0.2) is 4.90 Å². The van der Waals surface area contributed by atoms with Crippen LogP contribution in [0.4, 0.5) is 10.5 Å². The van der Waals surface area contributed by atoms with Gasteiger partial charge in [0.1, 0.15) is 0 Å². The first-order chi connectivity index (χ1) is 8.13. The zero-order chi connectivity index (χ0) is 12.4. The normalized spacial score (nSPS) is 14.0. The molecule has 5 heteroatoms. The summed E-state index contributed by atoms with van der Waals surface area (Å²) < 4.78 is 0. The van der Waals surface area contributed by atoms with Gasteiger partial charge < -0.3 is 5.32 Å². The Morgan fingerprint density at radius 3 is 2.94 bits per heavy atom. The lowest BCUT2D eigenvalue weighted by atomic mass is 10.1. The molecule has 0 bridgehead atoms. The average molecular weight is 250 g/mol. The van der Waals surface area contributed by atoms with Crippen LogP contribution >= 0.6 is 12.6 Å². The van der Waals surface area contributed by atoms with Crippen molar-refractivity contribution in [3.63, 3.8) is 0 Å². The predicted octanol–water partition coefficient (Wildman–Crippen LogP) is 1.39. The van der Waals surface area contributed by atoms with Crippen molar-refractivity contribution >= 4 is 29.5 Å². The summed E-state index contributed by atoms with van der Waals surface area (Å²) >= 11 is 3.72. The van der Waals surface area contributed by atoms with E-state index in [0.29, 0.717) is 5.69 Å². The number of hydrogen-bond acceptors (Lipinski definition) is 3. The number of carbonyl (C=O) groups excluding carboxylic acids is 2. The van der Waals surface area contributed by atoms with Crippen molar-refractivity contribution in [3.8, 4) is 0 Å². The van der Waals surface area contributed by atoms with E-state index in [1.807, 2.05) is 25.2 Å². The molecule has 2 amide bonds. The second kappa shape index (κ2) is 4.89. The summed E-state index contributed by atoms with van der Waals surface area (Å²) in [5, 5.41) is 2.56. The van der Waals surface area contributed by atoms with Crippen molar-refractivity contribution in [1.29, 1.82) is 0 Å². The molecule has 0 aliphatic carbocycles. The number of hydrogen-bond donors (Lipinski definition) is 2. The highest BCUT2D eigenvalue weighted by atomic mass is 32.1. The third-order valence-electron chi connectivity index (χ3n) is 2.83. The van der Waals surface area contributed by atoms with E-state index in [4.69, 9.17) is 0 Å². The molecule has 1 aromatic carbocycles. The molecule has 0 fully saturated rings. The molecule has 1 aromatic rings. The van der Waals surface area contributed by atoms with Gasteiger partial charge in [-0.05, 0) is 37.2 Å². The van der Waals surface area contributed by atoms with Crippen LogP contribution in [-0.2, 0) is 17.6 Å². The molecule has 0 spiro atoms. The van der Waals surface area contributed by atoms with Crippen LogP contribution in [0.15, 0.2) is 18.2 Å². The highest BCUT2D eigenvalue weighted by Crippen LogP contribution is 2.30. The van der Waals surface area contributed by atoms with Gasteiger partial charge in [-0.15, -0.1) is 0 Å². The van der Waals surface area contributed by atoms with Crippen molar-refractivity contribution < 1.29 is 9.59 Å². The first kappa shape index (κ1) is 12.1. The van der Waals surface area contributed by atoms with Crippen molar-refractivity contribution in [1.82, 2.24) is 5.32 Å². The number of nitrogens with zero attached hydrogens (tertiary/aromatic N) is 1. The Hall–Kier alpha value is -1.33. The molecule has 1 heterocycles. The van der Waals surface area contributed by atoms with Gasteiger partial charge in [-0.1, -0.05) is 24.8 Å². The number of thiol groups is 1. The van der Waals surface area contributed by atoms with E-state index in [0.717, 1.165) is 23.4 Å². The lowest BCUT2D eigenvalue weighted by Gasteiger charge is -2.12. The second-order valence-electron chi connectivity index (χ2n) is 4.01. The lowest BCUT2D eigenvalue weighted by Crippen LogP contribution is -2.28. The van der Waals surface area contributed by atoms with Crippen LogP contribution in [0.5, 0.6) is 0 Å². The fourth-order valence-corrected chi connectivity index (χ4v) is 2.23. The summed E-state index contributed by atoms with van der Waals surface area (Å²) in [6.45, 7) is 0.891. The zero-order valence-corrected chi connectivity index (χ0v) is 10.5. The predicted molar refractivity (Wildman–Crippen MR) is 69.6 cm³/mol. The van der Waals surface area contributed by atoms with E-state index in [-0.39, 0.29) is 12.3 Å². The fourth-order valence-electron chi connectivity index (χ4n) is 2.01. The number of rotatable bonds is 3. The monoisotopic (exact) mass is 250 g/mol. The quantitative estimate of drug-likeness (QED) is 0.797. The number of nitrogens with one attached hydrogen (secondary N) is 1. The molecule has 1 aliphatic rings. The van der Waals surface area contributed by atoms with Crippen LogP contribution in [0.2, 0.25) is 0 Å². The van der Waals surface area contributed by atoms with E-state index in [9.17, 15) is 9.59 Å². The first-order valence-corrected chi connectivity index (χ1v) is 5.90. The Morgan fingerprint density at radius 2 is 2.29 bits per heavy atom. The standard InChI is InChI=1S/C12H14N2O2S/c1-13-5-4-8-2-3-10-9(6-8)7-11(15)14(10)12(16)17/h2-3,6,13H,4-5,7H2,1H3,(H,16,17). The van der Waals surface area contributed by atoms with E-state index in [1.165, 1.54) is 5.56 Å². The van der Waals surface area contributed by atoms with Crippen LogP contribution in [0, 0.1) is 0 Å². The number of anilines is 1. The molecule has 0 atom stereocenters. The Bertz CT molecular complexity index is 474. The van der Waals surface area contributed by atoms with Gasteiger partial charge in [-0.3, -0.25) is 9.59 Å². The maximum Gasteiger partial charge on any atom is 0.289 e. The molecule has 90 valence electrons. The topological polar surface area (TPSA) is 49.4 Å². The molecule has 0 unspecified atom stereocenters. The summed E-state index contributed by atoms with van der Waals surface area (Å²) in [5.74, 6) is -0.203. The highest BCUT2D eigenvalue weighted by molar-refractivity contribution is 7.97. The van der Waals surface area contributed by atoms with Crippen LogP contribution in [0.25, 0.3) is 0 Å². The molecule has 4 nitrogen and oxygen atoms in total. The van der Waals surface area contributed by atoms with E-state index >= 15 is 0 Å². The maximum atomic E-state index is 11.6. The molecule has 0 saturated heterocycles. The van der Waals surface area contributed by atoms with Crippen molar-refractivity contribution in [3.05, 3.63) is 29.3 Å². The van der Waals surface area contributed by atoms with Gasteiger partial charge in [-0.2, -0.15) is 0 Å². The summed E-state index contributed by atoms with van der Waals surface area (Å²) in [6.07, 6.45) is 1.20. The molecule has 0 radical (unpaired) electrons. The Kier molecular flexibility index (Phi) is 3.49. The minimum Gasteiger partial charge on any atom is -0.319 e. The summed E-state index contributed by atoms with van der Waals surface area (Å²) in [6, 6.07) is 5.75. The molecule has 2 rings (SSSR count). The molecule has 17 heavy (non-hydrogen) atoms. The summed E-state index contributed by atoms with van der Waals surface area (Å²) in [5.41, 5.74) is 2.74. The number of amides is 2. The maximum absolute atomic E-state index is 11.6. The number of benzene rings is 1. The number of fused-ring (bicyclic) bond motifs is 1. The Morgan fingerprint density at radius 1 is 1.53 bits per heavy atom. The Balaban J connectivity index is 2.28. The van der Waals surface area contributed by atoms with Gasteiger partial charge >= 0.3 is 0 Å². The number of likely N-dealkylation sites (N-methyl/N-ethyl adjacent to an activating group) is 1. The fraction of sp³-hybridized carbons (Fsp3) is 0.333. The van der Waals surface area contributed by atoms with Crippen molar-refractivity contribution in [2.75, 3.05) is 18.5 Å². The minimum absolute atomic E-state index is 0.203. The molecule has 1 N–H and O–H groups in total. The van der Waals surface area contributed by atoms with Crippen LogP contribution in [-0.4, -0.2) is 24.7 Å². The van der Waals surface area contributed by atoms with Gasteiger partial charge in [0.05, 0.1) is 12.1 Å². The minimum atomic E-state index is -0.517. The van der Waals surface area contributed by atoms with Crippen LogP contribution < -0.4 is 10.2 Å². The van der Waals surface area contributed by atoms with E-state index in [2.05, 4.69) is 17.9 Å². The van der Waals surface area contributed by atoms with Crippen LogP contribution in [0.3, 0.4) is 0 Å². The van der Waals surface area contributed by atoms with Gasteiger partial charge in [0.2, 0.25) is 5.91 Å². The molecule has 0 aromatic heterocycles. The number of carbonyl (C=O) groups is 2. The highest BCUT2D eigenvalue weighted by Gasteiger charge is 2.30. The summed E-state index contributed by atoms with van der Waals surface area (Å²) in [7, 11) is 1.90. The lowest BCUT2D eigenvalue weighted by molar-refractivity contribution is -0.116. The third kappa shape index (κ3) is 2.35. The van der Waals surface area contributed by atoms with Crippen molar-refractivity contribution in [2.45, 2.75) is 12.8 Å². The van der Waals surface area contributed by atoms with Gasteiger partial charge in [0.15, 0.2) is 0 Å². The molecular weight excluding hydrogens is 236 g/mol. The smallest absolute Gasteiger partial charge is 0.289 e. The summed E-state index contributed by atoms with van der Waals surface area (Å²) in [4.78, 5) is 24.0. The first-order valence-electron chi connectivity index (χ1n) is 5.45. The molecular formula is C12H14N2O2S. The van der Waals surface area contributed by atoms with Gasteiger partial charge in [0, 0.05) is 0 Å². The van der Waals surface area contributed by atoms with Crippen LogP contribution in [0.1, 0.15) is 11.1 Å². The van der Waals surface area contributed by atoms with Gasteiger partial charge in [0.25, 0.3) is 5.24 Å². The number of imide groups is 1. The van der Waals surface area contributed by atoms with E-state index in [1.54, 1.807) is 0 Å². The Labute approximate surface area is 105 Å². The molecule has 0 saturated carbocycles. The van der Waals surface area contributed by atoms with Crippen molar-refractivity contribution in [2.24, 2.45) is 0 Å². The average Bonchev–Trinajstić information content (AvgIpc) is 2.61. The zero-order valence-electron chi connectivity index (χ0n) is 9.56. The third-order valence-corrected chi connectivity index (χ3v) is 3.03. The second-order valence-corrected chi connectivity index (χ2v) is 4.39. The van der Waals surface area contributed by atoms with E-state index < -0.39 is 5.24 Å². The molecule has 1 aliphatic heterocycles. The largest absolute Gasteiger partial charge is 0.319 e. The SMILES string of the molecule is CNCCc1ccc2c(c1)CC(=O)N2C(=O)S.